The van der Waals surface area contributed by atoms with Gasteiger partial charge < -0.3 is 5.32 Å². The zero-order chi connectivity index (χ0) is 14.4. The lowest BCUT2D eigenvalue weighted by Gasteiger charge is -2.19. The molecule has 0 fully saturated rings. The number of hydrogen-bond donors (Lipinski definition) is 1. The van der Waals surface area contributed by atoms with Crippen molar-refractivity contribution in [1.82, 2.24) is 10.3 Å². The maximum Gasteiger partial charge on any atom is 0.129 e. The first-order chi connectivity index (χ1) is 9.70. The number of halogens is 2. The van der Waals surface area contributed by atoms with E-state index in [1.165, 1.54) is 6.07 Å². The smallest absolute Gasteiger partial charge is 0.129 e. The predicted molar refractivity (Wildman–Crippen MR) is 80.4 cm³/mol. The van der Waals surface area contributed by atoms with Gasteiger partial charge in [-0.15, -0.1) is 0 Å². The van der Waals surface area contributed by atoms with E-state index in [-0.39, 0.29) is 11.9 Å². The van der Waals surface area contributed by atoms with Gasteiger partial charge in [0.2, 0.25) is 0 Å². The zero-order valence-electron chi connectivity index (χ0n) is 11.4. The lowest BCUT2D eigenvalue weighted by atomic mass is 10.00. The molecule has 1 N–H and O–H groups in total. The summed E-state index contributed by atoms with van der Waals surface area (Å²) in [5.41, 5.74) is 1.68. The summed E-state index contributed by atoms with van der Waals surface area (Å²) >= 11 is 5.80. The number of aryl methyl sites for hydroxylation is 1. The van der Waals surface area contributed by atoms with E-state index in [0.717, 1.165) is 25.1 Å². The Hall–Kier alpha value is -1.45. The van der Waals surface area contributed by atoms with Crippen LogP contribution in [0.3, 0.4) is 0 Å². The van der Waals surface area contributed by atoms with Gasteiger partial charge in [0.15, 0.2) is 0 Å². The van der Waals surface area contributed by atoms with E-state index in [0.29, 0.717) is 10.6 Å². The molecule has 2 aromatic rings. The van der Waals surface area contributed by atoms with Gasteiger partial charge in [0, 0.05) is 28.5 Å². The Labute approximate surface area is 124 Å². The Bertz CT molecular complexity index is 545. The lowest BCUT2D eigenvalue weighted by Crippen LogP contribution is -2.22. The second kappa shape index (κ2) is 7.36. The standard InChI is InChI=1S/C16H18ClFN2/c1-2-19-16(9-7-13-5-3-4-10-20-13)14-8-6-12(17)11-15(14)18/h3-6,8,10-11,16,19H,2,7,9H2,1H3. The van der Waals surface area contributed by atoms with E-state index in [1.807, 2.05) is 25.1 Å². The van der Waals surface area contributed by atoms with Gasteiger partial charge in [0.1, 0.15) is 5.82 Å². The Morgan fingerprint density at radius 3 is 2.80 bits per heavy atom. The van der Waals surface area contributed by atoms with Crippen molar-refractivity contribution in [2.45, 2.75) is 25.8 Å². The second-order valence-electron chi connectivity index (χ2n) is 4.64. The first kappa shape index (κ1) is 14.9. The van der Waals surface area contributed by atoms with E-state index in [9.17, 15) is 4.39 Å². The van der Waals surface area contributed by atoms with Crippen molar-refractivity contribution in [3.63, 3.8) is 0 Å². The van der Waals surface area contributed by atoms with Crippen LogP contribution in [0.4, 0.5) is 4.39 Å². The van der Waals surface area contributed by atoms with Crippen molar-refractivity contribution >= 4 is 11.6 Å². The maximum atomic E-state index is 14.0. The number of benzene rings is 1. The molecule has 0 spiro atoms. The molecule has 0 aliphatic rings. The molecule has 0 bridgehead atoms. The van der Waals surface area contributed by atoms with Gasteiger partial charge in [0.25, 0.3) is 0 Å². The van der Waals surface area contributed by atoms with E-state index < -0.39 is 0 Å². The molecule has 20 heavy (non-hydrogen) atoms. The third-order valence-corrected chi connectivity index (χ3v) is 3.44. The van der Waals surface area contributed by atoms with Gasteiger partial charge >= 0.3 is 0 Å². The summed E-state index contributed by atoms with van der Waals surface area (Å²) in [6, 6.07) is 10.7. The molecule has 0 aliphatic heterocycles. The van der Waals surface area contributed by atoms with Crippen LogP contribution in [0.25, 0.3) is 0 Å². The van der Waals surface area contributed by atoms with Crippen LogP contribution in [-0.4, -0.2) is 11.5 Å². The van der Waals surface area contributed by atoms with Gasteiger partial charge in [0.05, 0.1) is 0 Å². The quantitative estimate of drug-likeness (QED) is 0.865. The highest BCUT2D eigenvalue weighted by atomic mass is 35.5. The van der Waals surface area contributed by atoms with E-state index in [2.05, 4.69) is 10.3 Å². The van der Waals surface area contributed by atoms with E-state index >= 15 is 0 Å². The molecule has 4 heteroatoms. The molecule has 1 heterocycles. The first-order valence-electron chi connectivity index (χ1n) is 6.79. The van der Waals surface area contributed by atoms with E-state index in [1.54, 1.807) is 18.3 Å². The molecule has 1 unspecified atom stereocenters. The average Bonchev–Trinajstić information content (AvgIpc) is 2.45. The average molecular weight is 293 g/mol. The number of aromatic nitrogens is 1. The molecule has 1 aromatic carbocycles. The van der Waals surface area contributed by atoms with Gasteiger partial charge in [-0.05, 0) is 43.7 Å². The molecule has 2 nitrogen and oxygen atoms in total. The molecule has 0 saturated heterocycles. The van der Waals surface area contributed by atoms with Gasteiger partial charge in [-0.25, -0.2) is 4.39 Å². The summed E-state index contributed by atoms with van der Waals surface area (Å²) in [5.74, 6) is -0.260. The van der Waals surface area contributed by atoms with Crippen molar-refractivity contribution in [1.29, 1.82) is 0 Å². The van der Waals surface area contributed by atoms with Crippen LogP contribution in [-0.2, 0) is 6.42 Å². The monoisotopic (exact) mass is 292 g/mol. The summed E-state index contributed by atoms with van der Waals surface area (Å²) in [6.07, 6.45) is 3.38. The van der Waals surface area contributed by atoms with Crippen LogP contribution in [0.2, 0.25) is 5.02 Å². The van der Waals surface area contributed by atoms with Crippen LogP contribution in [0, 0.1) is 5.82 Å². The van der Waals surface area contributed by atoms with Crippen LogP contribution >= 0.6 is 11.6 Å². The number of nitrogens with one attached hydrogen (secondary N) is 1. The molecule has 1 atom stereocenters. The Kier molecular flexibility index (Phi) is 5.50. The number of nitrogens with zero attached hydrogens (tertiary/aromatic N) is 1. The normalized spacial score (nSPS) is 12.3. The lowest BCUT2D eigenvalue weighted by molar-refractivity contribution is 0.483. The Balaban J connectivity index is 2.10. The fourth-order valence-corrected chi connectivity index (χ4v) is 2.40. The van der Waals surface area contributed by atoms with Gasteiger partial charge in [-0.1, -0.05) is 30.7 Å². The first-order valence-corrected chi connectivity index (χ1v) is 7.16. The summed E-state index contributed by atoms with van der Waals surface area (Å²) in [7, 11) is 0. The summed E-state index contributed by atoms with van der Waals surface area (Å²) in [6.45, 7) is 2.80. The fourth-order valence-electron chi connectivity index (χ4n) is 2.24. The highest BCUT2D eigenvalue weighted by Crippen LogP contribution is 2.24. The molecule has 106 valence electrons. The van der Waals surface area contributed by atoms with E-state index in [4.69, 9.17) is 11.6 Å². The molecule has 0 aliphatic carbocycles. The molecule has 1 aromatic heterocycles. The van der Waals surface area contributed by atoms with Crippen LogP contribution in [0.15, 0.2) is 42.6 Å². The minimum absolute atomic E-state index is 0.0285. The molecule has 0 amide bonds. The number of pyridine rings is 1. The van der Waals surface area contributed by atoms with Crippen molar-refractivity contribution < 1.29 is 4.39 Å². The Morgan fingerprint density at radius 1 is 1.30 bits per heavy atom. The van der Waals surface area contributed by atoms with Crippen LogP contribution in [0.5, 0.6) is 0 Å². The van der Waals surface area contributed by atoms with Crippen LogP contribution < -0.4 is 5.32 Å². The topological polar surface area (TPSA) is 24.9 Å². The third-order valence-electron chi connectivity index (χ3n) is 3.20. The predicted octanol–water partition coefficient (Wildman–Crippen LogP) is 4.16. The molecule has 0 saturated carbocycles. The van der Waals surface area contributed by atoms with Crippen LogP contribution in [0.1, 0.15) is 30.6 Å². The molecular formula is C16H18ClFN2. The largest absolute Gasteiger partial charge is 0.310 e. The van der Waals surface area contributed by atoms with Crippen molar-refractivity contribution in [2.75, 3.05) is 6.54 Å². The highest BCUT2D eigenvalue weighted by molar-refractivity contribution is 6.30. The molecule has 0 radical (unpaired) electrons. The third kappa shape index (κ3) is 4.02. The highest BCUT2D eigenvalue weighted by Gasteiger charge is 2.15. The number of rotatable bonds is 6. The summed E-state index contributed by atoms with van der Waals surface area (Å²) in [5, 5.41) is 3.74. The summed E-state index contributed by atoms with van der Waals surface area (Å²) < 4.78 is 14.0. The van der Waals surface area contributed by atoms with Crippen molar-refractivity contribution in [3.8, 4) is 0 Å². The minimum atomic E-state index is -0.260. The second-order valence-corrected chi connectivity index (χ2v) is 5.07. The zero-order valence-corrected chi connectivity index (χ0v) is 12.2. The van der Waals surface area contributed by atoms with Gasteiger partial charge in [-0.2, -0.15) is 0 Å². The van der Waals surface area contributed by atoms with Gasteiger partial charge in [-0.3, -0.25) is 4.98 Å². The fraction of sp³-hybridized carbons (Fsp3) is 0.312. The number of hydrogen-bond acceptors (Lipinski definition) is 2. The molecule has 2 rings (SSSR count). The molecular weight excluding hydrogens is 275 g/mol. The minimum Gasteiger partial charge on any atom is -0.310 e. The summed E-state index contributed by atoms with van der Waals surface area (Å²) in [4.78, 5) is 4.30. The van der Waals surface area contributed by atoms with Crippen molar-refractivity contribution in [3.05, 3.63) is 64.7 Å². The van der Waals surface area contributed by atoms with Crippen molar-refractivity contribution in [2.24, 2.45) is 0 Å². The maximum absolute atomic E-state index is 14.0. The SMILES string of the molecule is CCNC(CCc1ccccn1)c1ccc(Cl)cc1F. The Morgan fingerprint density at radius 2 is 2.15 bits per heavy atom.